The van der Waals surface area contributed by atoms with Gasteiger partial charge in [0.15, 0.2) is 11.8 Å². The van der Waals surface area contributed by atoms with Gasteiger partial charge in [0.05, 0.1) is 20.3 Å². The molecular weight excluding hydrogens is 666 g/mol. The monoisotopic (exact) mass is 696 g/mol. The second-order valence-electron chi connectivity index (χ2n) is 10.2. The van der Waals surface area contributed by atoms with Crippen LogP contribution in [0.1, 0.15) is 18.8 Å². The van der Waals surface area contributed by atoms with Crippen molar-refractivity contribution in [2.45, 2.75) is 44.1 Å². The van der Waals surface area contributed by atoms with Gasteiger partial charge in [-0.05, 0) is 31.2 Å². The van der Waals surface area contributed by atoms with Crippen LogP contribution in [-0.2, 0) is 38.8 Å². The summed E-state index contributed by atoms with van der Waals surface area (Å²) in [5.41, 5.74) is -0.890. The minimum atomic E-state index is -5.32. The summed E-state index contributed by atoms with van der Waals surface area (Å²) in [7, 11) is -9.07. The van der Waals surface area contributed by atoms with Crippen LogP contribution in [0.15, 0.2) is 81.0 Å². The first-order valence-corrected chi connectivity index (χ1v) is 16.9. The molecule has 1 aliphatic rings. The zero-order valence-corrected chi connectivity index (χ0v) is 26.5. The largest absolute Gasteiger partial charge is 0.481 e. The number of hydrogen-bond acceptors (Lipinski definition) is 14. The number of ether oxygens (including phenoxy) is 2. The van der Waals surface area contributed by atoms with Gasteiger partial charge in [-0.2, -0.15) is 9.40 Å². The van der Waals surface area contributed by atoms with Crippen LogP contribution in [0.3, 0.4) is 0 Å². The number of hydrogen-bond donors (Lipinski definition) is 4. The van der Waals surface area contributed by atoms with E-state index in [1.54, 1.807) is 30.3 Å². The zero-order valence-electron chi connectivity index (χ0n) is 24.7. The second kappa shape index (κ2) is 14.0. The maximum atomic E-state index is 13.5. The molecule has 1 aliphatic heterocycles. The molecule has 18 nitrogen and oxygen atoms in total. The topological polar surface area (TPSA) is 240 Å². The van der Waals surface area contributed by atoms with Crippen LogP contribution in [0.25, 0.3) is 11.0 Å². The molecule has 47 heavy (non-hydrogen) atoms. The molecule has 4 unspecified atom stereocenters. The quantitative estimate of drug-likeness (QED) is 0.114. The van der Waals surface area contributed by atoms with Gasteiger partial charge in [-0.25, -0.2) is 13.9 Å². The smallest absolute Gasteiger partial charge is 0.468 e. The molecule has 0 saturated carbocycles. The lowest BCUT2D eigenvalue weighted by Gasteiger charge is -2.24. The number of aliphatic hydroxyl groups excluding tert-OH is 2. The van der Waals surface area contributed by atoms with Crippen molar-refractivity contribution < 1.29 is 56.4 Å². The first-order valence-electron chi connectivity index (χ1n) is 13.9. The standard InChI is InChI=1S/C27H30N4O14P2/c1-16(26(35)40-2)29-46(37,44-17-8-4-3-5-9-17)45-47(38,39)41-15-21-23(33)24(34)25(42-21)30-13-12-22(32)31(27(30)36)14-19-18-10-6-7-11-20(18)43-28-19/h3-13,16,21,23-25,33-34H,14-15H2,1-2H3,(H,29,37)(H,38,39)/t16?,21-,23?,24+,25-,46?/m1/s1. The summed E-state index contributed by atoms with van der Waals surface area (Å²) in [4.78, 5) is 48.3. The third-order valence-corrected chi connectivity index (χ3v) is 10.3. The lowest BCUT2D eigenvalue weighted by molar-refractivity contribution is -0.142. The SMILES string of the molecule is COC(=O)C(C)NP(=O)(Oc1ccccc1)OP(=O)(O)OC[C@H]1O[C@@H](n2ccc(=O)n(Cc3noc4ccccc34)c2=O)[C@@H](O)C1O. The molecule has 252 valence electrons. The molecule has 2 aromatic carbocycles. The fraction of sp³-hybridized carbons (Fsp3) is 0.333. The van der Waals surface area contributed by atoms with Gasteiger partial charge in [0.25, 0.3) is 5.56 Å². The highest BCUT2D eigenvalue weighted by molar-refractivity contribution is 7.63. The number of phosphoric acid groups is 1. The molecule has 0 radical (unpaired) electrons. The number of aliphatic hydroxyl groups is 2. The van der Waals surface area contributed by atoms with Crippen LogP contribution < -0.4 is 20.9 Å². The highest BCUT2D eigenvalue weighted by Crippen LogP contribution is 2.60. The summed E-state index contributed by atoms with van der Waals surface area (Å²) >= 11 is 0. The van der Waals surface area contributed by atoms with E-state index in [2.05, 4.69) is 15.0 Å². The number of nitrogens with one attached hydrogen (secondary N) is 1. The third kappa shape index (κ3) is 7.79. The predicted octanol–water partition coefficient (Wildman–Crippen LogP) is 1.29. The Labute approximate surface area is 265 Å². The van der Waals surface area contributed by atoms with E-state index in [9.17, 15) is 38.6 Å². The van der Waals surface area contributed by atoms with Gasteiger partial charge < -0.3 is 33.6 Å². The Morgan fingerprint density at radius 2 is 1.77 bits per heavy atom. The van der Waals surface area contributed by atoms with Crippen LogP contribution >= 0.6 is 15.6 Å². The van der Waals surface area contributed by atoms with Crippen molar-refractivity contribution in [3.63, 3.8) is 0 Å². The molecule has 5 rings (SSSR count). The Hall–Kier alpha value is -3.96. The lowest BCUT2D eigenvalue weighted by atomic mass is 10.1. The van der Waals surface area contributed by atoms with E-state index in [1.807, 2.05) is 0 Å². The minimum absolute atomic E-state index is 0.0515. The number of carbonyl (C=O) groups is 1. The Morgan fingerprint density at radius 3 is 2.49 bits per heavy atom. The maximum Gasteiger partial charge on any atom is 0.481 e. The van der Waals surface area contributed by atoms with Crippen molar-refractivity contribution in [1.82, 2.24) is 19.4 Å². The molecule has 1 saturated heterocycles. The van der Waals surface area contributed by atoms with Gasteiger partial charge in [0.1, 0.15) is 35.8 Å². The fourth-order valence-electron chi connectivity index (χ4n) is 4.65. The van der Waals surface area contributed by atoms with E-state index in [-0.39, 0.29) is 12.3 Å². The summed E-state index contributed by atoms with van der Waals surface area (Å²) in [6, 6.07) is 13.9. The van der Waals surface area contributed by atoms with Crippen molar-refractivity contribution in [2.24, 2.45) is 0 Å². The molecule has 1 fully saturated rings. The van der Waals surface area contributed by atoms with E-state index < -0.39 is 70.0 Å². The summed E-state index contributed by atoms with van der Waals surface area (Å²) in [6.45, 7) is 0.0362. The van der Waals surface area contributed by atoms with Crippen molar-refractivity contribution in [3.8, 4) is 5.75 Å². The summed E-state index contributed by atoms with van der Waals surface area (Å²) in [6.07, 6.45) is -5.58. The minimum Gasteiger partial charge on any atom is -0.468 e. The molecule has 0 amide bonds. The summed E-state index contributed by atoms with van der Waals surface area (Å²) in [5, 5.41) is 28.1. The van der Waals surface area contributed by atoms with Crippen molar-refractivity contribution in [2.75, 3.05) is 13.7 Å². The Balaban J connectivity index is 1.30. The molecule has 0 spiro atoms. The highest BCUT2D eigenvalue weighted by atomic mass is 31.3. The average molecular weight is 696 g/mol. The number of phosphoric ester groups is 1. The number of para-hydroxylation sites is 2. The number of rotatable bonds is 13. The van der Waals surface area contributed by atoms with Gasteiger partial charge in [0, 0.05) is 17.6 Å². The van der Waals surface area contributed by atoms with Crippen LogP contribution in [0.5, 0.6) is 5.75 Å². The van der Waals surface area contributed by atoms with Gasteiger partial charge in [-0.1, -0.05) is 35.5 Å². The Bertz CT molecular complexity index is 1950. The number of benzene rings is 2. The summed E-state index contributed by atoms with van der Waals surface area (Å²) in [5.74, 6) is -0.943. The maximum absolute atomic E-state index is 13.5. The van der Waals surface area contributed by atoms with E-state index in [4.69, 9.17) is 22.6 Å². The Morgan fingerprint density at radius 1 is 1.06 bits per heavy atom. The lowest BCUT2D eigenvalue weighted by Crippen LogP contribution is -2.43. The van der Waals surface area contributed by atoms with Crippen LogP contribution in [0, 0.1) is 0 Å². The zero-order chi connectivity index (χ0) is 33.9. The first-order chi connectivity index (χ1) is 22.3. The normalized spacial score (nSPS) is 22.7. The van der Waals surface area contributed by atoms with Crippen molar-refractivity contribution in [3.05, 3.63) is 93.4 Å². The first kappa shape index (κ1) is 34.4. The van der Waals surface area contributed by atoms with E-state index in [1.165, 1.54) is 31.2 Å². The molecule has 20 heteroatoms. The molecule has 3 heterocycles. The Kier molecular flexibility index (Phi) is 10.3. The number of methoxy groups -OCH3 is 1. The van der Waals surface area contributed by atoms with Gasteiger partial charge in [-0.3, -0.25) is 23.2 Å². The molecule has 2 aromatic heterocycles. The summed E-state index contributed by atoms with van der Waals surface area (Å²) < 4.78 is 58.6. The molecule has 7 atom stereocenters. The third-order valence-electron chi connectivity index (χ3n) is 6.95. The highest BCUT2D eigenvalue weighted by Gasteiger charge is 2.47. The molecule has 4 N–H and O–H groups in total. The average Bonchev–Trinajstić information content (AvgIpc) is 3.57. The molecule has 0 bridgehead atoms. The van der Waals surface area contributed by atoms with Crippen LogP contribution in [0.2, 0.25) is 0 Å². The van der Waals surface area contributed by atoms with Crippen molar-refractivity contribution in [1.29, 1.82) is 0 Å². The van der Waals surface area contributed by atoms with Gasteiger partial charge in [0.2, 0.25) is 0 Å². The predicted molar refractivity (Wildman–Crippen MR) is 160 cm³/mol. The van der Waals surface area contributed by atoms with E-state index in [0.29, 0.717) is 16.7 Å². The van der Waals surface area contributed by atoms with Crippen LogP contribution in [-0.4, -0.2) is 73.4 Å². The number of nitrogens with zero attached hydrogens (tertiary/aromatic N) is 3. The van der Waals surface area contributed by atoms with Crippen molar-refractivity contribution >= 4 is 32.5 Å². The number of carbonyl (C=O) groups excluding carboxylic acids is 1. The molecule has 4 aromatic rings. The van der Waals surface area contributed by atoms with E-state index in [0.717, 1.165) is 28.5 Å². The second-order valence-corrected chi connectivity index (χ2v) is 13.5. The molecule has 0 aliphatic carbocycles. The fourth-order valence-corrected chi connectivity index (χ4v) is 7.61. The number of fused-ring (bicyclic) bond motifs is 1. The van der Waals surface area contributed by atoms with Gasteiger partial charge in [-0.15, -0.1) is 0 Å². The number of esters is 1. The number of aromatic nitrogens is 3. The van der Waals surface area contributed by atoms with Gasteiger partial charge >= 0.3 is 27.2 Å². The van der Waals surface area contributed by atoms with E-state index >= 15 is 0 Å². The van der Waals surface area contributed by atoms with Crippen LogP contribution in [0.4, 0.5) is 0 Å². The molecular formula is C27H30N4O14P2.